The van der Waals surface area contributed by atoms with Crippen LogP contribution in [-0.2, 0) is 11.3 Å². The number of hydrogen-bond donors (Lipinski definition) is 0. The second-order valence-electron chi connectivity index (χ2n) is 8.16. The first-order chi connectivity index (χ1) is 12.5. The van der Waals surface area contributed by atoms with E-state index in [1.54, 1.807) is 23.5 Å². The highest BCUT2D eigenvalue weighted by Gasteiger charge is 2.20. The van der Waals surface area contributed by atoms with Gasteiger partial charge in [-0.05, 0) is 52.2 Å². The Morgan fingerprint density at radius 1 is 1.30 bits per heavy atom. The Morgan fingerprint density at radius 2 is 1.96 bits per heavy atom. The molecule has 0 radical (unpaired) electrons. The number of nitro benzene ring substituents is 1. The van der Waals surface area contributed by atoms with Crippen molar-refractivity contribution in [3.8, 4) is 0 Å². The van der Waals surface area contributed by atoms with Crippen LogP contribution in [-0.4, -0.2) is 15.1 Å². The summed E-state index contributed by atoms with van der Waals surface area (Å²) in [5.41, 5.74) is 2.48. The summed E-state index contributed by atoms with van der Waals surface area (Å²) in [6.45, 7) is 15.2. The van der Waals surface area contributed by atoms with Crippen molar-refractivity contribution in [1.29, 1.82) is 0 Å². The highest BCUT2D eigenvalue weighted by Crippen LogP contribution is 2.26. The minimum atomic E-state index is -0.384. The zero-order valence-electron chi connectivity index (χ0n) is 17.1. The number of benzene rings is 1. The maximum atomic E-state index is 10.9. The van der Waals surface area contributed by atoms with Gasteiger partial charge >= 0.3 is 0 Å². The zero-order valence-corrected chi connectivity index (χ0v) is 18.0. The minimum Gasteiger partial charge on any atom is -0.367 e. The van der Waals surface area contributed by atoms with Gasteiger partial charge in [-0.3, -0.25) is 10.1 Å². The van der Waals surface area contributed by atoms with E-state index in [1.165, 1.54) is 6.07 Å². The summed E-state index contributed by atoms with van der Waals surface area (Å²) in [6, 6.07) is 4.77. The molecule has 0 aliphatic heterocycles. The van der Waals surface area contributed by atoms with Gasteiger partial charge in [-0.1, -0.05) is 13.8 Å². The molecule has 0 unspecified atom stereocenters. The molecule has 0 amide bonds. The third-order valence-electron chi connectivity index (χ3n) is 3.93. The van der Waals surface area contributed by atoms with E-state index in [-0.39, 0.29) is 22.3 Å². The van der Waals surface area contributed by atoms with Crippen molar-refractivity contribution < 1.29 is 9.66 Å². The number of aromatic nitrogens is 1. The second kappa shape index (κ2) is 8.35. The molecule has 1 heterocycles. The van der Waals surface area contributed by atoms with Crippen molar-refractivity contribution in [1.82, 2.24) is 4.57 Å². The summed E-state index contributed by atoms with van der Waals surface area (Å²) >= 11 is 1.57. The largest absolute Gasteiger partial charge is 0.367 e. The number of nitro groups is 1. The first-order valence-corrected chi connectivity index (χ1v) is 10.0. The maximum absolute atomic E-state index is 10.9. The number of hydrogen-bond acceptors (Lipinski definition) is 5. The van der Waals surface area contributed by atoms with E-state index < -0.39 is 0 Å². The molecule has 1 aromatic heterocycles. The highest BCUT2D eigenvalue weighted by atomic mass is 32.1. The van der Waals surface area contributed by atoms with Gasteiger partial charge in [-0.25, -0.2) is 4.99 Å². The fraction of sp³-hybridized carbons (Fsp3) is 0.550. The zero-order chi connectivity index (χ0) is 20.4. The smallest absolute Gasteiger partial charge is 0.269 e. The van der Waals surface area contributed by atoms with Gasteiger partial charge in [0.1, 0.15) is 0 Å². The summed E-state index contributed by atoms with van der Waals surface area (Å²) in [7, 11) is 0. The molecule has 148 valence electrons. The van der Waals surface area contributed by atoms with Crippen molar-refractivity contribution in [3.63, 3.8) is 0 Å². The standard InChI is InChI=1S/C20H29N3O3S/c1-13(2)11-22-18(15(4)26-20(5,6)7)12-27-19(22)21-17-9-8-16(23(24)25)10-14(17)3/h8-10,12-13,15H,11H2,1-7H3/t15-/m0/s1. The molecule has 0 aliphatic carbocycles. The first kappa shape index (κ1) is 21.3. The number of thiazole rings is 1. The third-order valence-corrected chi connectivity index (χ3v) is 4.81. The summed E-state index contributed by atoms with van der Waals surface area (Å²) in [4.78, 5) is 16.2. The predicted octanol–water partition coefficient (Wildman–Crippen LogP) is 5.53. The van der Waals surface area contributed by atoms with Crippen molar-refractivity contribution in [2.45, 2.75) is 66.7 Å². The predicted molar refractivity (Wildman–Crippen MR) is 109 cm³/mol. The van der Waals surface area contributed by atoms with Gasteiger partial charge < -0.3 is 9.30 Å². The van der Waals surface area contributed by atoms with Gasteiger partial charge in [0.05, 0.1) is 28.0 Å². The quantitative estimate of drug-likeness (QED) is 0.480. The van der Waals surface area contributed by atoms with Gasteiger partial charge in [0.15, 0.2) is 4.80 Å². The Hall–Kier alpha value is -1.99. The molecular weight excluding hydrogens is 362 g/mol. The topological polar surface area (TPSA) is 69.7 Å². The molecule has 1 aromatic carbocycles. The number of non-ortho nitro benzene ring substituents is 1. The van der Waals surface area contributed by atoms with Crippen LogP contribution in [0.15, 0.2) is 28.6 Å². The molecule has 7 heteroatoms. The monoisotopic (exact) mass is 391 g/mol. The van der Waals surface area contributed by atoms with E-state index in [0.717, 1.165) is 28.3 Å². The van der Waals surface area contributed by atoms with Crippen LogP contribution in [0.3, 0.4) is 0 Å². The lowest BCUT2D eigenvalue weighted by atomic mass is 10.1. The van der Waals surface area contributed by atoms with Gasteiger partial charge in [0.25, 0.3) is 5.69 Å². The number of rotatable bonds is 6. The Kier molecular flexibility index (Phi) is 6.59. The fourth-order valence-electron chi connectivity index (χ4n) is 2.87. The molecule has 2 rings (SSSR count). The lowest BCUT2D eigenvalue weighted by Crippen LogP contribution is -2.26. The lowest BCUT2D eigenvalue weighted by Gasteiger charge is -2.26. The van der Waals surface area contributed by atoms with Gasteiger partial charge in [-0.2, -0.15) is 0 Å². The van der Waals surface area contributed by atoms with E-state index in [4.69, 9.17) is 9.73 Å². The van der Waals surface area contributed by atoms with E-state index in [2.05, 4.69) is 30.7 Å². The van der Waals surface area contributed by atoms with E-state index >= 15 is 0 Å². The molecule has 27 heavy (non-hydrogen) atoms. The summed E-state index contributed by atoms with van der Waals surface area (Å²) in [5, 5.41) is 13.0. The third kappa shape index (κ3) is 5.74. The molecule has 2 aromatic rings. The van der Waals surface area contributed by atoms with E-state index in [0.29, 0.717) is 5.92 Å². The fourth-order valence-corrected chi connectivity index (χ4v) is 3.88. The van der Waals surface area contributed by atoms with Gasteiger partial charge in [0.2, 0.25) is 0 Å². The van der Waals surface area contributed by atoms with Crippen LogP contribution in [0.1, 0.15) is 58.9 Å². The lowest BCUT2D eigenvalue weighted by molar-refractivity contribution is -0.384. The average molecular weight is 392 g/mol. The first-order valence-electron chi connectivity index (χ1n) is 9.13. The van der Waals surface area contributed by atoms with Crippen molar-refractivity contribution >= 4 is 22.7 Å². The van der Waals surface area contributed by atoms with Crippen LogP contribution in [0.4, 0.5) is 11.4 Å². The van der Waals surface area contributed by atoms with Crippen LogP contribution in [0, 0.1) is 23.0 Å². The van der Waals surface area contributed by atoms with Crippen LogP contribution in [0.2, 0.25) is 0 Å². The van der Waals surface area contributed by atoms with Crippen LogP contribution < -0.4 is 4.80 Å². The molecule has 0 saturated carbocycles. The minimum absolute atomic E-state index is 0.0538. The number of nitrogens with zero attached hydrogens (tertiary/aromatic N) is 3. The normalized spacial score (nSPS) is 14.0. The van der Waals surface area contributed by atoms with E-state index in [1.807, 2.05) is 27.7 Å². The molecule has 0 saturated heterocycles. The molecule has 0 spiro atoms. The Morgan fingerprint density at radius 3 is 2.48 bits per heavy atom. The van der Waals surface area contributed by atoms with Crippen molar-refractivity contribution in [2.75, 3.05) is 0 Å². The Labute approximate surface area is 164 Å². The summed E-state index contributed by atoms with van der Waals surface area (Å²) in [5.74, 6) is 0.456. The SMILES string of the molecule is Cc1cc([N+](=O)[O-])ccc1N=c1scc([C@H](C)OC(C)(C)C)n1CC(C)C. The molecule has 1 atom stereocenters. The van der Waals surface area contributed by atoms with Crippen LogP contribution in [0.5, 0.6) is 0 Å². The van der Waals surface area contributed by atoms with Crippen molar-refractivity contribution in [2.24, 2.45) is 10.9 Å². The van der Waals surface area contributed by atoms with Gasteiger partial charge in [0, 0.05) is 24.1 Å². The van der Waals surface area contributed by atoms with E-state index in [9.17, 15) is 10.1 Å². The average Bonchev–Trinajstić information content (AvgIpc) is 2.89. The van der Waals surface area contributed by atoms with Crippen LogP contribution in [0.25, 0.3) is 0 Å². The van der Waals surface area contributed by atoms with Gasteiger partial charge in [-0.15, -0.1) is 11.3 Å². The Balaban J connectivity index is 2.50. The van der Waals surface area contributed by atoms with Crippen LogP contribution >= 0.6 is 11.3 Å². The Bertz CT molecular complexity index is 875. The molecule has 0 aliphatic rings. The molecule has 6 nitrogen and oxygen atoms in total. The highest BCUT2D eigenvalue weighted by molar-refractivity contribution is 7.07. The molecular formula is C20H29N3O3S. The molecule has 0 fully saturated rings. The number of ether oxygens (including phenoxy) is 1. The maximum Gasteiger partial charge on any atom is 0.269 e. The molecule has 0 bridgehead atoms. The second-order valence-corrected chi connectivity index (χ2v) is 9.00. The van der Waals surface area contributed by atoms with Crippen molar-refractivity contribution in [3.05, 3.63) is 49.8 Å². The molecule has 0 N–H and O–H groups in total. The summed E-state index contributed by atoms with van der Waals surface area (Å²) < 4.78 is 8.35. The summed E-state index contributed by atoms with van der Waals surface area (Å²) in [6.07, 6.45) is -0.0538. The number of aryl methyl sites for hydroxylation is 1.